The second-order valence-electron chi connectivity index (χ2n) is 6.47. The Bertz CT molecular complexity index is 574. The molecule has 0 aliphatic rings. The zero-order valence-electron chi connectivity index (χ0n) is 13.7. The predicted molar refractivity (Wildman–Crippen MR) is 93.5 cm³/mol. The number of hydrogen-bond acceptors (Lipinski definition) is 3. The fourth-order valence-corrected chi connectivity index (χ4v) is 2.67. The minimum absolute atomic E-state index is 0.0464. The molecule has 7 heteroatoms. The van der Waals surface area contributed by atoms with E-state index in [0.29, 0.717) is 17.8 Å². The summed E-state index contributed by atoms with van der Waals surface area (Å²) in [6.07, 6.45) is -0.0464. The van der Waals surface area contributed by atoms with Crippen LogP contribution in [-0.2, 0) is 9.59 Å². The summed E-state index contributed by atoms with van der Waals surface area (Å²) in [6.45, 7) is 7.85. The lowest BCUT2D eigenvalue weighted by atomic mass is 9.94. The van der Waals surface area contributed by atoms with E-state index in [2.05, 4.69) is 10.6 Å². The molecule has 0 radical (unpaired) electrons. The Balaban J connectivity index is 3.10. The van der Waals surface area contributed by atoms with Crippen molar-refractivity contribution >= 4 is 40.8 Å². The fraction of sp³-hybridized carbons (Fsp3) is 0.500. The third kappa shape index (κ3) is 6.77. The second-order valence-corrected chi connectivity index (χ2v) is 7.28. The van der Waals surface area contributed by atoms with Gasteiger partial charge in [-0.25, -0.2) is 0 Å². The molecule has 0 heterocycles. The van der Waals surface area contributed by atoms with Gasteiger partial charge in [-0.15, -0.1) is 0 Å². The molecule has 0 aromatic heterocycles. The largest absolute Gasteiger partial charge is 0.481 e. The number of carbonyl (C=O) groups is 2. The van der Waals surface area contributed by atoms with Crippen LogP contribution in [0.5, 0.6) is 0 Å². The zero-order chi connectivity index (χ0) is 17.8. The first-order valence-corrected chi connectivity index (χ1v) is 7.98. The van der Waals surface area contributed by atoms with Gasteiger partial charge in [0, 0.05) is 24.9 Å². The van der Waals surface area contributed by atoms with Crippen LogP contribution in [0.3, 0.4) is 0 Å². The van der Waals surface area contributed by atoms with E-state index in [9.17, 15) is 9.59 Å². The van der Waals surface area contributed by atoms with E-state index in [1.54, 1.807) is 12.1 Å². The Labute approximate surface area is 146 Å². The summed E-state index contributed by atoms with van der Waals surface area (Å²) in [6, 6.07) is 3.30. The van der Waals surface area contributed by atoms with Crippen LogP contribution >= 0.6 is 23.2 Å². The highest BCUT2D eigenvalue weighted by molar-refractivity contribution is 6.39. The highest BCUT2D eigenvalue weighted by atomic mass is 35.5. The van der Waals surface area contributed by atoms with Gasteiger partial charge < -0.3 is 15.7 Å². The van der Waals surface area contributed by atoms with Crippen molar-refractivity contribution in [3.05, 3.63) is 27.7 Å². The number of amides is 1. The number of aliphatic carboxylic acids is 1. The van der Waals surface area contributed by atoms with Gasteiger partial charge in [0.05, 0.1) is 22.2 Å². The molecule has 1 aromatic carbocycles. The summed E-state index contributed by atoms with van der Waals surface area (Å²) in [4.78, 5) is 22.3. The number of carbonyl (C=O) groups excluding carboxylic acids is 1. The summed E-state index contributed by atoms with van der Waals surface area (Å²) in [7, 11) is 0. The van der Waals surface area contributed by atoms with E-state index < -0.39 is 5.97 Å². The molecule has 0 bridgehead atoms. The number of halogens is 2. The van der Waals surface area contributed by atoms with Gasteiger partial charge in [-0.2, -0.15) is 0 Å². The van der Waals surface area contributed by atoms with Crippen molar-refractivity contribution in [2.45, 2.75) is 45.6 Å². The molecule has 0 fully saturated rings. The molecule has 5 nitrogen and oxygen atoms in total. The molecule has 1 atom stereocenters. The van der Waals surface area contributed by atoms with Crippen LogP contribution in [0.15, 0.2) is 12.1 Å². The van der Waals surface area contributed by atoms with Crippen LogP contribution in [0, 0.1) is 0 Å². The van der Waals surface area contributed by atoms with Crippen molar-refractivity contribution in [2.75, 3.05) is 11.9 Å². The smallest absolute Gasteiger partial charge is 0.304 e. The summed E-state index contributed by atoms with van der Waals surface area (Å²) >= 11 is 12.4. The van der Waals surface area contributed by atoms with E-state index in [1.807, 2.05) is 20.8 Å². The zero-order valence-corrected chi connectivity index (χ0v) is 15.2. The van der Waals surface area contributed by atoms with Crippen LogP contribution in [0.2, 0.25) is 10.0 Å². The first-order valence-electron chi connectivity index (χ1n) is 7.23. The molecule has 1 amide bonds. The Morgan fingerprint density at radius 2 is 1.74 bits per heavy atom. The van der Waals surface area contributed by atoms with E-state index in [4.69, 9.17) is 28.3 Å². The van der Waals surface area contributed by atoms with Crippen LogP contribution in [0.4, 0.5) is 5.69 Å². The summed E-state index contributed by atoms with van der Waals surface area (Å²) in [5, 5.41) is 15.6. The minimum Gasteiger partial charge on any atom is -0.481 e. The summed E-state index contributed by atoms with van der Waals surface area (Å²) < 4.78 is 0. The highest BCUT2D eigenvalue weighted by Crippen LogP contribution is 2.35. The van der Waals surface area contributed by atoms with Crippen LogP contribution < -0.4 is 10.6 Å². The van der Waals surface area contributed by atoms with Crippen molar-refractivity contribution in [2.24, 2.45) is 0 Å². The van der Waals surface area contributed by atoms with Crippen LogP contribution in [0.1, 0.15) is 45.6 Å². The molecule has 0 spiro atoms. The van der Waals surface area contributed by atoms with E-state index in [1.165, 1.54) is 6.92 Å². The molecule has 1 aromatic rings. The Kier molecular flexibility index (Phi) is 6.86. The average molecular weight is 361 g/mol. The van der Waals surface area contributed by atoms with Gasteiger partial charge in [-0.1, -0.05) is 23.2 Å². The number of hydrogen-bond donors (Lipinski definition) is 3. The molecular weight excluding hydrogens is 339 g/mol. The van der Waals surface area contributed by atoms with E-state index in [-0.39, 0.29) is 33.8 Å². The minimum atomic E-state index is -0.899. The molecule has 0 aliphatic heterocycles. The maximum Gasteiger partial charge on any atom is 0.304 e. The van der Waals surface area contributed by atoms with Crippen LogP contribution in [-0.4, -0.2) is 29.1 Å². The topological polar surface area (TPSA) is 78.4 Å². The SMILES string of the molecule is CC(=O)Nc1c(Cl)cc(C(CNC(C)(C)C)CC(=O)O)cc1Cl. The number of benzene rings is 1. The maximum absolute atomic E-state index is 11.2. The molecule has 23 heavy (non-hydrogen) atoms. The van der Waals surface area contributed by atoms with Gasteiger partial charge in [0.15, 0.2) is 0 Å². The highest BCUT2D eigenvalue weighted by Gasteiger charge is 2.21. The van der Waals surface area contributed by atoms with Gasteiger partial charge >= 0.3 is 5.97 Å². The Morgan fingerprint density at radius 1 is 1.22 bits per heavy atom. The number of rotatable bonds is 6. The van der Waals surface area contributed by atoms with Crippen molar-refractivity contribution in [3.63, 3.8) is 0 Å². The summed E-state index contributed by atoms with van der Waals surface area (Å²) in [5.41, 5.74) is 0.913. The monoisotopic (exact) mass is 360 g/mol. The van der Waals surface area contributed by atoms with Gasteiger partial charge in [0.25, 0.3) is 0 Å². The van der Waals surface area contributed by atoms with Gasteiger partial charge in [0.1, 0.15) is 0 Å². The molecule has 0 aliphatic carbocycles. The second kappa shape index (κ2) is 7.99. The van der Waals surface area contributed by atoms with Gasteiger partial charge in [-0.3, -0.25) is 9.59 Å². The lowest BCUT2D eigenvalue weighted by Gasteiger charge is -2.25. The third-order valence-electron chi connectivity index (χ3n) is 3.14. The molecule has 1 unspecified atom stereocenters. The molecule has 128 valence electrons. The quantitative estimate of drug-likeness (QED) is 0.718. The predicted octanol–water partition coefficient (Wildman–Crippen LogP) is 3.90. The van der Waals surface area contributed by atoms with Crippen LogP contribution in [0.25, 0.3) is 0 Å². The Hall–Kier alpha value is -1.30. The third-order valence-corrected chi connectivity index (χ3v) is 3.73. The number of carboxylic acids is 1. The molecule has 1 rings (SSSR count). The maximum atomic E-state index is 11.2. The molecule has 3 N–H and O–H groups in total. The average Bonchev–Trinajstić information content (AvgIpc) is 2.37. The lowest BCUT2D eigenvalue weighted by Crippen LogP contribution is -2.39. The molecule has 0 saturated heterocycles. The van der Waals surface area contributed by atoms with Crippen molar-refractivity contribution in [3.8, 4) is 0 Å². The Morgan fingerprint density at radius 3 is 2.13 bits per heavy atom. The number of anilines is 1. The number of nitrogens with one attached hydrogen (secondary N) is 2. The van der Waals surface area contributed by atoms with Crippen molar-refractivity contribution < 1.29 is 14.7 Å². The van der Waals surface area contributed by atoms with E-state index >= 15 is 0 Å². The standard InChI is InChI=1S/C16H22Cl2N2O3/c1-9(21)20-15-12(17)5-10(6-13(15)18)11(7-14(22)23)8-19-16(2,3)4/h5-6,11,19H,7-8H2,1-4H3,(H,20,21)(H,22,23). The van der Waals surface area contributed by atoms with Gasteiger partial charge in [0.2, 0.25) is 5.91 Å². The number of carboxylic acid groups (broad SMARTS) is 1. The normalized spacial score (nSPS) is 12.8. The first kappa shape index (κ1) is 19.7. The first-order chi connectivity index (χ1) is 10.5. The van der Waals surface area contributed by atoms with Gasteiger partial charge in [-0.05, 0) is 38.5 Å². The fourth-order valence-electron chi connectivity index (χ4n) is 2.07. The summed E-state index contributed by atoms with van der Waals surface area (Å²) in [5.74, 6) is -1.46. The van der Waals surface area contributed by atoms with Crippen molar-refractivity contribution in [1.82, 2.24) is 5.32 Å². The lowest BCUT2D eigenvalue weighted by molar-refractivity contribution is -0.137. The molecule has 0 saturated carbocycles. The molecular formula is C16H22Cl2N2O3. The van der Waals surface area contributed by atoms with Crippen molar-refractivity contribution in [1.29, 1.82) is 0 Å². The van der Waals surface area contributed by atoms with E-state index in [0.717, 1.165) is 0 Å².